The lowest BCUT2D eigenvalue weighted by molar-refractivity contribution is 0.0668. The molecule has 1 heterocycles. The third-order valence-corrected chi connectivity index (χ3v) is 3.68. The Morgan fingerprint density at radius 3 is 3.06 bits per heavy atom. The van der Waals surface area contributed by atoms with Crippen LogP contribution in [0.4, 0.5) is 5.69 Å². The van der Waals surface area contributed by atoms with E-state index in [2.05, 4.69) is 6.92 Å². The zero-order valence-electron chi connectivity index (χ0n) is 10.7. The Bertz CT molecular complexity index is 445. The molecule has 1 saturated heterocycles. The van der Waals surface area contributed by atoms with E-state index in [9.17, 15) is 9.90 Å². The van der Waals surface area contributed by atoms with Gasteiger partial charge < -0.3 is 15.7 Å². The lowest BCUT2D eigenvalue weighted by Gasteiger charge is -2.32. The highest BCUT2D eigenvalue weighted by atomic mass is 16.3. The standard InChI is InChI=1S/C14H20N2O2/c1-2-10-5-4-8-16(9-10)14(18)11-6-3-7-12(15)13(11)17/h3,6-7,10,17H,2,4-5,8-9,15H2,1H3. The van der Waals surface area contributed by atoms with Crippen molar-refractivity contribution >= 4 is 11.6 Å². The van der Waals surface area contributed by atoms with Crippen molar-refractivity contribution < 1.29 is 9.90 Å². The highest BCUT2D eigenvalue weighted by molar-refractivity contribution is 5.98. The van der Waals surface area contributed by atoms with E-state index in [0.717, 1.165) is 25.9 Å². The number of hydrogen-bond donors (Lipinski definition) is 2. The van der Waals surface area contributed by atoms with Crippen LogP contribution in [0.5, 0.6) is 5.75 Å². The average Bonchev–Trinajstić information content (AvgIpc) is 2.41. The van der Waals surface area contributed by atoms with Crippen LogP contribution in [0.2, 0.25) is 0 Å². The first kappa shape index (κ1) is 12.7. The number of phenols is 1. The van der Waals surface area contributed by atoms with Gasteiger partial charge in [-0.1, -0.05) is 19.4 Å². The summed E-state index contributed by atoms with van der Waals surface area (Å²) in [6, 6.07) is 4.92. The molecule has 1 unspecified atom stereocenters. The van der Waals surface area contributed by atoms with Crippen LogP contribution in [-0.4, -0.2) is 29.0 Å². The van der Waals surface area contributed by atoms with E-state index in [0.29, 0.717) is 11.5 Å². The zero-order chi connectivity index (χ0) is 13.1. The molecule has 0 radical (unpaired) electrons. The first-order valence-corrected chi connectivity index (χ1v) is 6.50. The van der Waals surface area contributed by atoms with Gasteiger partial charge in [0.05, 0.1) is 11.3 Å². The molecule has 0 bridgehead atoms. The number of benzene rings is 1. The summed E-state index contributed by atoms with van der Waals surface area (Å²) in [6.45, 7) is 3.70. The minimum Gasteiger partial charge on any atom is -0.505 e. The van der Waals surface area contributed by atoms with Gasteiger partial charge in [0.1, 0.15) is 0 Å². The molecule has 0 aliphatic carbocycles. The Morgan fingerprint density at radius 2 is 2.33 bits per heavy atom. The summed E-state index contributed by atoms with van der Waals surface area (Å²) in [5, 5.41) is 9.85. The first-order chi connectivity index (χ1) is 8.63. The number of hydrogen-bond acceptors (Lipinski definition) is 3. The number of nitrogens with zero attached hydrogens (tertiary/aromatic N) is 1. The molecule has 2 rings (SSSR count). The number of likely N-dealkylation sites (tertiary alicyclic amines) is 1. The van der Waals surface area contributed by atoms with E-state index in [1.807, 2.05) is 4.90 Å². The monoisotopic (exact) mass is 248 g/mol. The minimum atomic E-state index is -0.113. The van der Waals surface area contributed by atoms with Crippen molar-refractivity contribution in [2.75, 3.05) is 18.8 Å². The van der Waals surface area contributed by atoms with E-state index < -0.39 is 0 Å². The predicted molar refractivity (Wildman–Crippen MR) is 71.4 cm³/mol. The van der Waals surface area contributed by atoms with Gasteiger partial charge in [0.2, 0.25) is 0 Å². The number of anilines is 1. The molecule has 4 heteroatoms. The highest BCUT2D eigenvalue weighted by Crippen LogP contribution is 2.27. The number of para-hydroxylation sites is 1. The lowest BCUT2D eigenvalue weighted by atomic mass is 9.95. The van der Waals surface area contributed by atoms with Gasteiger partial charge in [-0.05, 0) is 30.9 Å². The van der Waals surface area contributed by atoms with Gasteiger partial charge in [-0.25, -0.2) is 0 Å². The van der Waals surface area contributed by atoms with Crippen LogP contribution in [0, 0.1) is 5.92 Å². The van der Waals surface area contributed by atoms with E-state index in [1.54, 1.807) is 18.2 Å². The van der Waals surface area contributed by atoms with Crippen LogP contribution in [0.25, 0.3) is 0 Å². The Kier molecular flexibility index (Phi) is 3.75. The molecule has 3 N–H and O–H groups in total. The number of phenolic OH excluding ortho intramolecular Hbond substituents is 1. The second-order valence-corrected chi connectivity index (χ2v) is 4.91. The van der Waals surface area contributed by atoms with Crippen molar-refractivity contribution in [3.8, 4) is 5.75 Å². The molecule has 1 amide bonds. The fourth-order valence-corrected chi connectivity index (χ4v) is 2.49. The summed E-state index contributed by atoms with van der Waals surface area (Å²) < 4.78 is 0. The van der Waals surface area contributed by atoms with Crippen molar-refractivity contribution in [2.45, 2.75) is 26.2 Å². The maximum atomic E-state index is 12.3. The number of nitrogen functional groups attached to an aromatic ring is 1. The van der Waals surface area contributed by atoms with Crippen molar-refractivity contribution in [1.82, 2.24) is 4.90 Å². The fraction of sp³-hybridized carbons (Fsp3) is 0.500. The molecule has 98 valence electrons. The minimum absolute atomic E-state index is 0.0962. The Balaban J connectivity index is 2.18. The Labute approximate surface area is 107 Å². The van der Waals surface area contributed by atoms with Crippen molar-refractivity contribution in [3.05, 3.63) is 23.8 Å². The Morgan fingerprint density at radius 1 is 1.56 bits per heavy atom. The van der Waals surface area contributed by atoms with Gasteiger partial charge in [0, 0.05) is 13.1 Å². The van der Waals surface area contributed by atoms with E-state index >= 15 is 0 Å². The van der Waals surface area contributed by atoms with Gasteiger partial charge in [-0.15, -0.1) is 0 Å². The highest BCUT2D eigenvalue weighted by Gasteiger charge is 2.25. The second-order valence-electron chi connectivity index (χ2n) is 4.91. The smallest absolute Gasteiger partial charge is 0.257 e. The molecule has 1 aliphatic rings. The normalized spacial score (nSPS) is 19.8. The molecular formula is C14H20N2O2. The number of nitrogens with two attached hydrogens (primary N) is 1. The molecule has 0 aromatic heterocycles. The number of rotatable bonds is 2. The molecule has 1 fully saturated rings. The number of piperidine rings is 1. The van der Waals surface area contributed by atoms with Gasteiger partial charge in [0.15, 0.2) is 5.75 Å². The molecule has 0 spiro atoms. The maximum Gasteiger partial charge on any atom is 0.257 e. The molecule has 1 aromatic carbocycles. The van der Waals surface area contributed by atoms with Crippen molar-refractivity contribution in [2.24, 2.45) is 5.92 Å². The maximum absolute atomic E-state index is 12.3. The SMILES string of the molecule is CCC1CCCN(C(=O)c2cccc(N)c2O)C1. The number of carbonyl (C=O) groups excluding carboxylic acids is 1. The number of aromatic hydroxyl groups is 1. The fourth-order valence-electron chi connectivity index (χ4n) is 2.49. The summed E-state index contributed by atoms with van der Waals surface area (Å²) in [4.78, 5) is 14.2. The summed E-state index contributed by atoms with van der Waals surface area (Å²) in [5.41, 5.74) is 6.19. The molecule has 1 atom stereocenters. The van der Waals surface area contributed by atoms with Crippen molar-refractivity contribution in [3.63, 3.8) is 0 Å². The summed E-state index contributed by atoms with van der Waals surface area (Å²) in [7, 11) is 0. The van der Waals surface area contributed by atoms with E-state index in [4.69, 9.17) is 5.73 Å². The van der Waals surface area contributed by atoms with Crippen LogP contribution in [-0.2, 0) is 0 Å². The van der Waals surface area contributed by atoms with Crippen LogP contribution >= 0.6 is 0 Å². The Hall–Kier alpha value is -1.71. The predicted octanol–water partition coefficient (Wildman–Crippen LogP) is 2.24. The van der Waals surface area contributed by atoms with Crippen LogP contribution < -0.4 is 5.73 Å². The van der Waals surface area contributed by atoms with Crippen LogP contribution in [0.15, 0.2) is 18.2 Å². The molecule has 1 aromatic rings. The first-order valence-electron chi connectivity index (χ1n) is 6.50. The third kappa shape index (κ3) is 2.42. The van der Waals surface area contributed by atoms with Crippen LogP contribution in [0.1, 0.15) is 36.5 Å². The third-order valence-electron chi connectivity index (χ3n) is 3.68. The van der Waals surface area contributed by atoms with Gasteiger partial charge >= 0.3 is 0 Å². The number of carbonyl (C=O) groups is 1. The topological polar surface area (TPSA) is 66.6 Å². The van der Waals surface area contributed by atoms with Crippen LogP contribution in [0.3, 0.4) is 0 Å². The lowest BCUT2D eigenvalue weighted by Crippen LogP contribution is -2.39. The summed E-state index contributed by atoms with van der Waals surface area (Å²) >= 11 is 0. The van der Waals surface area contributed by atoms with Gasteiger partial charge in [-0.2, -0.15) is 0 Å². The summed E-state index contributed by atoms with van der Waals surface area (Å²) in [5.74, 6) is 0.366. The quantitative estimate of drug-likeness (QED) is 0.623. The number of amides is 1. The van der Waals surface area contributed by atoms with E-state index in [-0.39, 0.29) is 17.3 Å². The van der Waals surface area contributed by atoms with Crippen molar-refractivity contribution in [1.29, 1.82) is 0 Å². The second kappa shape index (κ2) is 5.29. The largest absolute Gasteiger partial charge is 0.505 e. The van der Waals surface area contributed by atoms with Gasteiger partial charge in [-0.3, -0.25) is 4.79 Å². The summed E-state index contributed by atoms with van der Waals surface area (Å²) in [6.07, 6.45) is 3.31. The molecular weight excluding hydrogens is 228 g/mol. The zero-order valence-corrected chi connectivity index (χ0v) is 10.7. The molecule has 1 aliphatic heterocycles. The average molecular weight is 248 g/mol. The molecule has 18 heavy (non-hydrogen) atoms. The van der Waals surface area contributed by atoms with Gasteiger partial charge in [0.25, 0.3) is 5.91 Å². The van der Waals surface area contributed by atoms with E-state index in [1.165, 1.54) is 6.42 Å². The molecule has 4 nitrogen and oxygen atoms in total. The molecule has 0 saturated carbocycles.